The molecule has 0 saturated carbocycles. The van der Waals surface area contributed by atoms with Crippen LogP contribution in [0.15, 0.2) is 30.6 Å². The monoisotopic (exact) mass is 276 g/mol. The van der Waals surface area contributed by atoms with Gasteiger partial charge in [-0.15, -0.1) is 0 Å². The molecule has 0 saturated heterocycles. The molecule has 2 aromatic rings. The summed E-state index contributed by atoms with van der Waals surface area (Å²) in [6.45, 7) is 0. The second-order valence-electron chi connectivity index (χ2n) is 4.20. The van der Waals surface area contributed by atoms with E-state index in [1.165, 1.54) is 12.4 Å². The van der Waals surface area contributed by atoms with Crippen LogP contribution in [-0.2, 0) is 11.2 Å². The molecule has 0 fully saturated rings. The van der Waals surface area contributed by atoms with Crippen molar-refractivity contribution in [3.63, 3.8) is 0 Å². The van der Waals surface area contributed by atoms with Crippen LogP contribution in [-0.4, -0.2) is 27.8 Å². The van der Waals surface area contributed by atoms with Gasteiger partial charge in [0, 0.05) is 29.4 Å². The number of nitrogens with zero attached hydrogens (tertiary/aromatic N) is 1. The standard InChI is InChI=1S/C13H9ClN2O3/c14-8-2-1-7-5-10(11(17)9(7)6-8)19-13(18)12-15-3-4-16-12/h1-4,6,10H,5H2,(H,15,16). The van der Waals surface area contributed by atoms with E-state index in [1.807, 2.05) is 0 Å². The number of halogens is 1. The number of hydrogen-bond donors (Lipinski definition) is 1. The zero-order valence-electron chi connectivity index (χ0n) is 9.72. The van der Waals surface area contributed by atoms with Gasteiger partial charge in [0.2, 0.25) is 11.6 Å². The first-order chi connectivity index (χ1) is 9.15. The maximum absolute atomic E-state index is 12.1. The van der Waals surface area contributed by atoms with Crippen LogP contribution in [0.5, 0.6) is 0 Å². The number of carbonyl (C=O) groups is 2. The Morgan fingerprint density at radius 2 is 2.32 bits per heavy atom. The summed E-state index contributed by atoms with van der Waals surface area (Å²) in [6.07, 6.45) is 2.53. The van der Waals surface area contributed by atoms with E-state index < -0.39 is 12.1 Å². The van der Waals surface area contributed by atoms with Crippen molar-refractivity contribution in [2.24, 2.45) is 0 Å². The number of aromatic nitrogens is 2. The molecule has 3 rings (SSSR count). The van der Waals surface area contributed by atoms with E-state index in [4.69, 9.17) is 16.3 Å². The molecule has 1 atom stereocenters. The summed E-state index contributed by atoms with van der Waals surface area (Å²) in [6, 6.07) is 5.08. The number of esters is 1. The van der Waals surface area contributed by atoms with Crippen LogP contribution in [0.3, 0.4) is 0 Å². The predicted molar refractivity (Wildman–Crippen MR) is 67.3 cm³/mol. The van der Waals surface area contributed by atoms with E-state index in [0.29, 0.717) is 17.0 Å². The molecule has 0 radical (unpaired) electrons. The topological polar surface area (TPSA) is 72.1 Å². The smallest absolute Gasteiger partial charge is 0.375 e. The van der Waals surface area contributed by atoms with Crippen LogP contribution in [0.25, 0.3) is 0 Å². The maximum atomic E-state index is 12.1. The van der Waals surface area contributed by atoms with Crippen LogP contribution in [0.2, 0.25) is 5.02 Å². The van der Waals surface area contributed by atoms with Crippen molar-refractivity contribution < 1.29 is 14.3 Å². The largest absolute Gasteiger partial charge is 0.448 e. The summed E-state index contributed by atoms with van der Waals surface area (Å²) in [5.74, 6) is -0.776. The number of carbonyl (C=O) groups excluding carboxylic acids is 2. The minimum Gasteiger partial charge on any atom is -0.448 e. The van der Waals surface area contributed by atoms with E-state index in [0.717, 1.165) is 5.56 Å². The maximum Gasteiger partial charge on any atom is 0.375 e. The van der Waals surface area contributed by atoms with E-state index >= 15 is 0 Å². The molecule has 0 bridgehead atoms. The van der Waals surface area contributed by atoms with Gasteiger partial charge in [-0.05, 0) is 17.7 Å². The minimum atomic E-state index is -0.800. The Balaban J connectivity index is 1.79. The average Bonchev–Trinajstić information content (AvgIpc) is 3.00. The predicted octanol–water partition coefficient (Wildman–Crippen LogP) is 2.03. The van der Waals surface area contributed by atoms with Crippen LogP contribution < -0.4 is 0 Å². The second kappa shape index (κ2) is 4.51. The highest BCUT2D eigenvalue weighted by Gasteiger charge is 2.34. The molecule has 1 aromatic heterocycles. The van der Waals surface area contributed by atoms with E-state index in [2.05, 4.69) is 9.97 Å². The SMILES string of the molecule is O=C(OC1Cc2ccc(Cl)cc2C1=O)c1ncc[nH]1. The highest BCUT2D eigenvalue weighted by atomic mass is 35.5. The van der Waals surface area contributed by atoms with Gasteiger partial charge in [-0.1, -0.05) is 17.7 Å². The molecule has 1 aliphatic carbocycles. The molecular weight excluding hydrogens is 268 g/mol. The molecule has 5 nitrogen and oxygen atoms in total. The van der Waals surface area contributed by atoms with Crippen molar-refractivity contribution >= 4 is 23.4 Å². The molecule has 19 heavy (non-hydrogen) atoms. The molecule has 0 spiro atoms. The summed E-state index contributed by atoms with van der Waals surface area (Å²) < 4.78 is 5.17. The Bertz CT molecular complexity index is 652. The lowest BCUT2D eigenvalue weighted by Gasteiger charge is -2.08. The quantitative estimate of drug-likeness (QED) is 0.852. The summed E-state index contributed by atoms with van der Waals surface area (Å²) in [4.78, 5) is 30.2. The van der Waals surface area contributed by atoms with Gasteiger partial charge >= 0.3 is 5.97 Å². The molecular formula is C13H9ClN2O3. The normalized spacial score (nSPS) is 17.3. The molecule has 0 amide bonds. The van der Waals surface area contributed by atoms with Gasteiger partial charge in [-0.3, -0.25) is 4.79 Å². The molecule has 0 aliphatic heterocycles. The van der Waals surface area contributed by atoms with Gasteiger partial charge in [0.05, 0.1) is 0 Å². The Labute approximate surface area is 113 Å². The number of H-pyrrole nitrogens is 1. The number of fused-ring (bicyclic) bond motifs is 1. The number of aromatic amines is 1. The third kappa shape index (κ3) is 2.13. The van der Waals surface area contributed by atoms with Gasteiger partial charge in [-0.2, -0.15) is 0 Å². The number of ketones is 1. The fraction of sp³-hybridized carbons (Fsp3) is 0.154. The second-order valence-corrected chi connectivity index (χ2v) is 4.64. The third-order valence-corrected chi connectivity index (χ3v) is 3.21. The van der Waals surface area contributed by atoms with Gasteiger partial charge in [0.25, 0.3) is 0 Å². The Morgan fingerprint density at radius 1 is 1.47 bits per heavy atom. The fourth-order valence-electron chi connectivity index (χ4n) is 2.08. The van der Waals surface area contributed by atoms with Gasteiger partial charge < -0.3 is 9.72 Å². The Hall–Kier alpha value is -2.14. The molecule has 1 unspecified atom stereocenters. The number of ether oxygens (including phenoxy) is 1. The first-order valence-corrected chi connectivity index (χ1v) is 6.06. The minimum absolute atomic E-state index is 0.0850. The van der Waals surface area contributed by atoms with E-state index in [9.17, 15) is 9.59 Å². The lowest BCUT2D eigenvalue weighted by atomic mass is 10.1. The van der Waals surface area contributed by atoms with Crippen molar-refractivity contribution in [3.8, 4) is 0 Å². The summed E-state index contributed by atoms with van der Waals surface area (Å²) in [5, 5.41) is 0.491. The third-order valence-electron chi connectivity index (χ3n) is 2.98. The highest BCUT2D eigenvalue weighted by molar-refractivity contribution is 6.31. The molecule has 6 heteroatoms. The number of hydrogen-bond acceptors (Lipinski definition) is 4. The molecule has 1 aliphatic rings. The number of nitrogens with one attached hydrogen (secondary N) is 1. The van der Waals surface area contributed by atoms with Gasteiger partial charge in [0.15, 0.2) is 6.10 Å². The first-order valence-electron chi connectivity index (χ1n) is 5.68. The van der Waals surface area contributed by atoms with Crippen LogP contribution in [0.1, 0.15) is 26.5 Å². The average molecular weight is 277 g/mol. The number of rotatable bonds is 2. The van der Waals surface area contributed by atoms with Crippen LogP contribution >= 0.6 is 11.6 Å². The van der Waals surface area contributed by atoms with E-state index in [-0.39, 0.29) is 11.6 Å². The summed E-state index contributed by atoms with van der Waals surface area (Å²) in [7, 11) is 0. The summed E-state index contributed by atoms with van der Waals surface area (Å²) in [5.41, 5.74) is 1.36. The number of Topliss-reactive ketones (excluding diaryl/α,β-unsaturated/α-hetero) is 1. The van der Waals surface area contributed by atoms with Gasteiger partial charge in [-0.25, -0.2) is 9.78 Å². The first kappa shape index (κ1) is 11.9. The van der Waals surface area contributed by atoms with E-state index in [1.54, 1.807) is 18.2 Å². The Kier molecular flexibility index (Phi) is 2.83. The molecule has 96 valence electrons. The fourth-order valence-corrected chi connectivity index (χ4v) is 2.25. The van der Waals surface area contributed by atoms with Crippen molar-refractivity contribution in [2.45, 2.75) is 12.5 Å². The molecule has 1 heterocycles. The van der Waals surface area contributed by atoms with Crippen LogP contribution in [0, 0.1) is 0 Å². The lowest BCUT2D eigenvalue weighted by Crippen LogP contribution is -2.24. The molecule has 1 N–H and O–H groups in total. The summed E-state index contributed by atoms with van der Waals surface area (Å²) >= 11 is 5.85. The highest BCUT2D eigenvalue weighted by Crippen LogP contribution is 2.27. The zero-order valence-corrected chi connectivity index (χ0v) is 10.5. The lowest BCUT2D eigenvalue weighted by molar-refractivity contribution is 0.0293. The number of benzene rings is 1. The van der Waals surface area contributed by atoms with Crippen molar-refractivity contribution in [3.05, 3.63) is 52.6 Å². The zero-order chi connectivity index (χ0) is 13.4. The van der Waals surface area contributed by atoms with Crippen molar-refractivity contribution in [2.75, 3.05) is 0 Å². The molecule has 1 aromatic carbocycles. The van der Waals surface area contributed by atoms with Crippen molar-refractivity contribution in [1.29, 1.82) is 0 Å². The van der Waals surface area contributed by atoms with Crippen LogP contribution in [0.4, 0.5) is 0 Å². The number of imidazole rings is 1. The Morgan fingerprint density at radius 3 is 3.05 bits per heavy atom. The van der Waals surface area contributed by atoms with Crippen molar-refractivity contribution in [1.82, 2.24) is 9.97 Å². The van der Waals surface area contributed by atoms with Gasteiger partial charge in [0.1, 0.15) is 0 Å².